The number of fused-ring (bicyclic) bond motifs is 1. The second kappa shape index (κ2) is 11.3. The average molecular weight is 577 g/mol. The fourth-order valence-electron chi connectivity index (χ4n) is 4.60. The Morgan fingerprint density at radius 1 is 1.05 bits per heavy atom. The summed E-state index contributed by atoms with van der Waals surface area (Å²) in [6.45, 7) is 0.878. The molecule has 42 heavy (non-hydrogen) atoms. The first-order chi connectivity index (χ1) is 20.4. The van der Waals surface area contributed by atoms with Crippen molar-refractivity contribution in [2.45, 2.75) is 18.6 Å². The largest absolute Gasteiger partial charge is 0.453 e. The summed E-state index contributed by atoms with van der Waals surface area (Å²) in [5.41, 5.74) is -0.285. The standard InChI is InChI=1S/C28H23F3N8O3/c29-15-1-4-17(5-2-15)39-28(41)18(7-12-34-39)27(40)35-16-3-6-22(19(30)13-16)42-23-9-11-33-25-24(23)26(38-37-25)36-21-8-10-32-14-20(21)31/h1-7,9,11-13,20-21,32H,8,10,14H2,(H,35,40)(H2,33,36,37,38)/t20-,21?/m0/s1. The van der Waals surface area contributed by atoms with Crippen LogP contribution in [0.25, 0.3) is 16.7 Å². The molecule has 14 heteroatoms. The number of amides is 1. The molecule has 1 aliphatic heterocycles. The molecule has 0 bridgehead atoms. The Morgan fingerprint density at radius 2 is 1.88 bits per heavy atom. The van der Waals surface area contributed by atoms with Gasteiger partial charge >= 0.3 is 0 Å². The maximum Gasteiger partial charge on any atom is 0.284 e. The molecule has 1 fully saturated rings. The highest BCUT2D eigenvalue weighted by Gasteiger charge is 2.26. The lowest BCUT2D eigenvalue weighted by molar-refractivity contribution is 0.102. The number of anilines is 2. The Labute approximate surface area is 235 Å². The Morgan fingerprint density at radius 3 is 2.67 bits per heavy atom. The molecule has 0 spiro atoms. The zero-order valence-electron chi connectivity index (χ0n) is 21.8. The van der Waals surface area contributed by atoms with Crippen LogP contribution >= 0.6 is 0 Å². The molecule has 6 rings (SSSR count). The van der Waals surface area contributed by atoms with Crippen molar-refractivity contribution in [3.05, 3.63) is 94.5 Å². The molecule has 1 unspecified atom stereocenters. The minimum Gasteiger partial charge on any atom is -0.453 e. The maximum atomic E-state index is 15.1. The predicted molar refractivity (Wildman–Crippen MR) is 148 cm³/mol. The highest BCUT2D eigenvalue weighted by molar-refractivity contribution is 6.04. The van der Waals surface area contributed by atoms with Gasteiger partial charge in [-0.2, -0.15) is 14.9 Å². The number of rotatable bonds is 7. The lowest BCUT2D eigenvalue weighted by Gasteiger charge is -2.27. The van der Waals surface area contributed by atoms with E-state index in [1.165, 1.54) is 48.8 Å². The van der Waals surface area contributed by atoms with Crippen molar-refractivity contribution in [2.24, 2.45) is 0 Å². The molecule has 1 aliphatic rings. The van der Waals surface area contributed by atoms with Crippen molar-refractivity contribution in [2.75, 3.05) is 23.7 Å². The van der Waals surface area contributed by atoms with E-state index in [2.05, 4.69) is 36.2 Å². The number of carbonyl (C=O) groups excluding carboxylic acids is 1. The second-order valence-corrected chi connectivity index (χ2v) is 9.50. The number of hydrogen-bond donors (Lipinski definition) is 4. The van der Waals surface area contributed by atoms with Crippen LogP contribution in [0, 0.1) is 11.6 Å². The number of aromatic amines is 1. The van der Waals surface area contributed by atoms with Gasteiger partial charge in [-0.1, -0.05) is 0 Å². The van der Waals surface area contributed by atoms with Gasteiger partial charge in [0.25, 0.3) is 11.5 Å². The van der Waals surface area contributed by atoms with Crippen LogP contribution < -0.4 is 26.2 Å². The van der Waals surface area contributed by atoms with Gasteiger partial charge in [-0.3, -0.25) is 14.7 Å². The number of carbonyl (C=O) groups is 1. The van der Waals surface area contributed by atoms with Crippen LogP contribution in [-0.4, -0.2) is 56.2 Å². The van der Waals surface area contributed by atoms with E-state index in [1.807, 2.05) is 0 Å². The average Bonchev–Trinajstić information content (AvgIpc) is 3.40. The molecule has 11 nitrogen and oxygen atoms in total. The molecule has 2 atom stereocenters. The number of piperidine rings is 1. The minimum absolute atomic E-state index is 0.0693. The second-order valence-electron chi connectivity index (χ2n) is 9.50. The van der Waals surface area contributed by atoms with E-state index in [-0.39, 0.29) is 35.0 Å². The summed E-state index contributed by atoms with van der Waals surface area (Å²) in [6.07, 6.45) is 2.14. The first-order valence-corrected chi connectivity index (χ1v) is 12.9. The van der Waals surface area contributed by atoms with E-state index in [0.29, 0.717) is 29.8 Å². The normalized spacial score (nSPS) is 16.7. The third-order valence-electron chi connectivity index (χ3n) is 6.72. The summed E-state index contributed by atoms with van der Waals surface area (Å²) >= 11 is 0. The van der Waals surface area contributed by atoms with Gasteiger partial charge in [0.2, 0.25) is 0 Å². The van der Waals surface area contributed by atoms with Crippen LogP contribution in [0.2, 0.25) is 0 Å². The van der Waals surface area contributed by atoms with Crippen molar-refractivity contribution in [1.29, 1.82) is 0 Å². The summed E-state index contributed by atoms with van der Waals surface area (Å²) in [7, 11) is 0. The van der Waals surface area contributed by atoms with E-state index in [1.54, 1.807) is 0 Å². The Balaban J connectivity index is 1.21. The Bertz CT molecular complexity index is 1830. The number of pyridine rings is 1. The van der Waals surface area contributed by atoms with Crippen molar-refractivity contribution >= 4 is 28.4 Å². The Hall–Kier alpha value is -5.24. The van der Waals surface area contributed by atoms with E-state index in [0.717, 1.165) is 22.9 Å². The number of nitrogens with one attached hydrogen (secondary N) is 4. The van der Waals surface area contributed by atoms with Crippen molar-refractivity contribution < 1.29 is 22.7 Å². The van der Waals surface area contributed by atoms with Crippen molar-refractivity contribution in [3.8, 4) is 17.2 Å². The van der Waals surface area contributed by atoms with E-state index >= 15 is 4.39 Å². The SMILES string of the molecule is O=C(Nc1ccc(Oc2ccnc3[nH]nc(NC4CCNC[C@@H]4F)c23)c(F)c1)c1ccnn(-c2ccc(F)cc2)c1=O. The first-order valence-electron chi connectivity index (χ1n) is 12.9. The maximum absolute atomic E-state index is 15.1. The van der Waals surface area contributed by atoms with Gasteiger partial charge in [-0.05, 0) is 55.4 Å². The zero-order valence-corrected chi connectivity index (χ0v) is 21.8. The molecule has 214 valence electrons. The number of alkyl halides is 1. The molecule has 1 amide bonds. The highest BCUT2D eigenvalue weighted by Crippen LogP contribution is 2.35. The lowest BCUT2D eigenvalue weighted by atomic mass is 10.0. The van der Waals surface area contributed by atoms with Crippen LogP contribution in [0.15, 0.2) is 71.8 Å². The molecule has 1 saturated heterocycles. The van der Waals surface area contributed by atoms with Crippen LogP contribution in [0.3, 0.4) is 0 Å². The van der Waals surface area contributed by atoms with Crippen LogP contribution in [-0.2, 0) is 0 Å². The summed E-state index contributed by atoms with van der Waals surface area (Å²) in [4.78, 5) is 30.0. The molecular formula is C28H23F3N8O3. The lowest BCUT2D eigenvalue weighted by Crippen LogP contribution is -2.45. The van der Waals surface area contributed by atoms with Gasteiger partial charge in [0.1, 0.15) is 28.7 Å². The fraction of sp³-hybridized carbons (Fsp3) is 0.179. The topological polar surface area (TPSA) is 139 Å². The quantitative estimate of drug-likeness (QED) is 0.229. The number of nitrogens with zero attached hydrogens (tertiary/aromatic N) is 4. The van der Waals surface area contributed by atoms with Gasteiger partial charge in [0, 0.05) is 36.8 Å². The number of hydrogen-bond acceptors (Lipinski definition) is 8. The number of benzene rings is 2. The Kier molecular flexibility index (Phi) is 7.27. The van der Waals surface area contributed by atoms with Gasteiger partial charge < -0.3 is 20.7 Å². The third-order valence-corrected chi connectivity index (χ3v) is 6.72. The van der Waals surface area contributed by atoms with E-state index in [9.17, 15) is 18.4 Å². The third kappa shape index (κ3) is 5.39. The molecule has 0 radical (unpaired) electrons. The van der Waals surface area contributed by atoms with Crippen LogP contribution in [0.4, 0.5) is 24.7 Å². The first kappa shape index (κ1) is 27.0. The fourth-order valence-corrected chi connectivity index (χ4v) is 4.60. The smallest absolute Gasteiger partial charge is 0.284 e. The molecule has 3 aromatic heterocycles. The molecule has 5 aromatic rings. The van der Waals surface area contributed by atoms with Gasteiger partial charge in [0.15, 0.2) is 23.0 Å². The number of aromatic nitrogens is 5. The number of ether oxygens (including phenoxy) is 1. The van der Waals surface area contributed by atoms with Crippen LogP contribution in [0.1, 0.15) is 16.8 Å². The molecule has 0 aliphatic carbocycles. The monoisotopic (exact) mass is 576 g/mol. The number of halogens is 3. The number of H-pyrrole nitrogens is 1. The molecule has 2 aromatic carbocycles. The predicted octanol–water partition coefficient (Wildman–Crippen LogP) is 3.94. The van der Waals surface area contributed by atoms with Gasteiger partial charge in [0.05, 0.1) is 11.7 Å². The van der Waals surface area contributed by atoms with Crippen molar-refractivity contribution in [3.63, 3.8) is 0 Å². The van der Waals surface area contributed by atoms with E-state index in [4.69, 9.17) is 4.74 Å². The molecule has 4 N–H and O–H groups in total. The zero-order chi connectivity index (χ0) is 29.2. The molecule has 0 saturated carbocycles. The summed E-state index contributed by atoms with van der Waals surface area (Å²) in [6, 6.07) is 11.1. The van der Waals surface area contributed by atoms with Gasteiger partial charge in [-0.25, -0.2) is 18.2 Å². The highest BCUT2D eigenvalue weighted by atomic mass is 19.1. The summed E-state index contributed by atoms with van der Waals surface area (Å²) < 4.78 is 49.6. The summed E-state index contributed by atoms with van der Waals surface area (Å²) in [5, 5.41) is 19.9. The molecule has 4 heterocycles. The van der Waals surface area contributed by atoms with E-state index < -0.39 is 35.3 Å². The summed E-state index contributed by atoms with van der Waals surface area (Å²) in [5.74, 6) is -1.67. The minimum atomic E-state index is -1.12. The van der Waals surface area contributed by atoms with Crippen molar-refractivity contribution in [1.82, 2.24) is 30.3 Å². The van der Waals surface area contributed by atoms with Gasteiger partial charge in [-0.15, -0.1) is 0 Å². The van der Waals surface area contributed by atoms with Crippen LogP contribution in [0.5, 0.6) is 11.5 Å². The molecular weight excluding hydrogens is 553 g/mol.